The van der Waals surface area contributed by atoms with Gasteiger partial charge >= 0.3 is 0 Å². The Hall–Kier alpha value is -5.42. The molecule has 0 aliphatic heterocycles. The summed E-state index contributed by atoms with van der Waals surface area (Å²) in [5, 5.41) is 4.82. The number of fused-ring (bicyclic) bond motifs is 12. The number of aromatic nitrogens is 5. The molecule has 4 heterocycles. The fourth-order valence-electron chi connectivity index (χ4n) is 7.16. The van der Waals surface area contributed by atoms with Crippen molar-refractivity contribution in [2.45, 2.75) is 19.8 Å². The molecule has 0 spiro atoms. The first kappa shape index (κ1) is 22.3. The van der Waals surface area contributed by atoms with Gasteiger partial charge in [-0.15, -0.1) is 0 Å². The molecule has 0 bridgehead atoms. The van der Waals surface area contributed by atoms with Gasteiger partial charge in [0, 0.05) is 0 Å². The van der Waals surface area contributed by atoms with Crippen LogP contribution in [0, 0.1) is 0 Å². The Balaban J connectivity index is 1.45. The highest BCUT2D eigenvalue weighted by Gasteiger charge is 2.25. The van der Waals surface area contributed by atoms with Gasteiger partial charge in [0.15, 0.2) is 0 Å². The molecule has 5 nitrogen and oxygen atoms in total. The van der Waals surface area contributed by atoms with Gasteiger partial charge in [-0.05, 0) is 80.6 Å². The maximum atomic E-state index is 5.25. The number of rotatable bonds is 2. The van der Waals surface area contributed by atoms with Crippen molar-refractivity contribution >= 4 is 71.7 Å². The maximum absolute atomic E-state index is 5.25. The highest BCUT2D eigenvalue weighted by molar-refractivity contribution is 6.08. The number of benzene rings is 6. The second-order valence-electron chi connectivity index (χ2n) is 11.8. The van der Waals surface area contributed by atoms with E-state index in [9.17, 15) is 0 Å². The quantitative estimate of drug-likeness (QED) is 0.220. The van der Waals surface area contributed by atoms with E-state index in [2.05, 4.69) is 136 Å². The summed E-state index contributed by atoms with van der Waals surface area (Å²) in [7, 11) is 0. The van der Waals surface area contributed by atoms with Crippen LogP contribution in [0.25, 0.3) is 82.8 Å². The summed E-state index contributed by atoms with van der Waals surface area (Å²) < 4.78 is 6.93. The Bertz CT molecular complexity index is 2560. The summed E-state index contributed by atoms with van der Waals surface area (Å²) in [6.07, 6.45) is 0. The van der Waals surface area contributed by atoms with Crippen molar-refractivity contribution in [1.29, 1.82) is 0 Å². The van der Waals surface area contributed by atoms with Crippen LogP contribution in [0.5, 0.6) is 0 Å². The zero-order chi connectivity index (χ0) is 27.7. The molecule has 0 atom stereocenters. The minimum Gasteiger partial charge on any atom is -0.276 e. The van der Waals surface area contributed by atoms with Gasteiger partial charge in [0.1, 0.15) is 5.52 Å². The predicted octanol–water partition coefficient (Wildman–Crippen LogP) is 9.23. The van der Waals surface area contributed by atoms with Crippen LogP contribution in [0.1, 0.15) is 25.3 Å². The van der Waals surface area contributed by atoms with Crippen LogP contribution in [-0.2, 0) is 0 Å². The molecule has 6 aromatic carbocycles. The van der Waals surface area contributed by atoms with Crippen molar-refractivity contribution in [2.24, 2.45) is 0 Å². The molecule has 0 saturated carbocycles. The molecular formula is C37H25N5. The van der Waals surface area contributed by atoms with Crippen molar-refractivity contribution in [3.05, 3.63) is 115 Å². The summed E-state index contributed by atoms with van der Waals surface area (Å²) >= 11 is 0. The lowest BCUT2D eigenvalue weighted by atomic mass is 9.92. The van der Waals surface area contributed by atoms with Crippen LogP contribution in [0.2, 0.25) is 0 Å². The zero-order valence-corrected chi connectivity index (χ0v) is 23.2. The van der Waals surface area contributed by atoms with Gasteiger partial charge in [-0.2, -0.15) is 0 Å². The second-order valence-corrected chi connectivity index (χ2v) is 11.8. The first-order valence-corrected chi connectivity index (χ1v) is 14.5. The average molecular weight is 540 g/mol. The van der Waals surface area contributed by atoms with Crippen molar-refractivity contribution in [1.82, 2.24) is 23.2 Å². The molecule has 0 aliphatic rings. The van der Waals surface area contributed by atoms with Crippen molar-refractivity contribution < 1.29 is 0 Å². The van der Waals surface area contributed by atoms with Crippen LogP contribution in [0.3, 0.4) is 0 Å². The lowest BCUT2D eigenvalue weighted by Crippen LogP contribution is -1.93. The largest absolute Gasteiger partial charge is 0.276 e. The lowest BCUT2D eigenvalue weighted by molar-refractivity contribution is 0.869. The summed E-state index contributed by atoms with van der Waals surface area (Å²) in [6.45, 7) is 4.54. The first-order chi connectivity index (χ1) is 20.6. The SMILES string of the molecule is CC(C)c1ccccc1-c1cc2c3c(c1)n1c4cc5ccccc5cc4nc1n3c1nc3cc4ccccc4cc3n21. The fraction of sp³-hybridized carbons (Fsp3) is 0.0811. The van der Waals surface area contributed by atoms with E-state index < -0.39 is 0 Å². The molecule has 0 radical (unpaired) electrons. The summed E-state index contributed by atoms with van der Waals surface area (Å²) in [5.74, 6) is 2.19. The van der Waals surface area contributed by atoms with Gasteiger partial charge in [-0.3, -0.25) is 8.80 Å². The number of hydrogen-bond acceptors (Lipinski definition) is 2. The third-order valence-electron chi connectivity index (χ3n) is 9.08. The monoisotopic (exact) mass is 539 g/mol. The van der Waals surface area contributed by atoms with Crippen molar-refractivity contribution in [2.75, 3.05) is 0 Å². The average Bonchev–Trinajstić information content (AvgIpc) is 3.73. The van der Waals surface area contributed by atoms with Gasteiger partial charge in [0.05, 0.1) is 33.1 Å². The summed E-state index contributed by atoms with van der Waals surface area (Å²) in [5.41, 5.74) is 11.5. The molecule has 10 aromatic rings. The van der Waals surface area contributed by atoms with Crippen LogP contribution in [0.15, 0.2) is 109 Å². The highest BCUT2D eigenvalue weighted by atomic mass is 15.3. The Morgan fingerprint density at radius 3 is 1.50 bits per heavy atom. The maximum Gasteiger partial charge on any atom is 0.223 e. The van der Waals surface area contributed by atoms with Crippen LogP contribution >= 0.6 is 0 Å². The topological polar surface area (TPSA) is 39.0 Å². The van der Waals surface area contributed by atoms with Crippen LogP contribution in [0.4, 0.5) is 0 Å². The number of imidazole rings is 4. The Labute approximate surface area is 240 Å². The van der Waals surface area contributed by atoms with E-state index in [4.69, 9.17) is 9.97 Å². The Morgan fingerprint density at radius 2 is 0.976 bits per heavy atom. The van der Waals surface area contributed by atoms with E-state index in [-0.39, 0.29) is 0 Å². The van der Waals surface area contributed by atoms with Gasteiger partial charge in [0.2, 0.25) is 11.6 Å². The van der Waals surface area contributed by atoms with E-state index in [1.165, 1.54) is 38.2 Å². The molecule has 42 heavy (non-hydrogen) atoms. The molecule has 0 unspecified atom stereocenters. The minimum atomic E-state index is 0.409. The van der Waals surface area contributed by atoms with Gasteiger partial charge in [0.25, 0.3) is 0 Å². The summed E-state index contributed by atoms with van der Waals surface area (Å²) in [4.78, 5) is 10.5. The van der Waals surface area contributed by atoms with E-state index in [0.29, 0.717) is 5.92 Å². The second kappa shape index (κ2) is 7.65. The van der Waals surface area contributed by atoms with Gasteiger partial charge < -0.3 is 0 Å². The zero-order valence-electron chi connectivity index (χ0n) is 23.2. The van der Waals surface area contributed by atoms with Gasteiger partial charge in [-0.25, -0.2) is 14.4 Å². The molecule has 0 saturated heterocycles. The molecule has 4 aromatic heterocycles. The molecule has 0 N–H and O–H groups in total. The smallest absolute Gasteiger partial charge is 0.223 e. The predicted molar refractivity (Wildman–Crippen MR) is 173 cm³/mol. The molecule has 0 fully saturated rings. The Morgan fingerprint density at radius 1 is 0.500 bits per heavy atom. The minimum absolute atomic E-state index is 0.409. The molecule has 5 heteroatoms. The van der Waals surface area contributed by atoms with Gasteiger partial charge in [-0.1, -0.05) is 86.6 Å². The van der Waals surface area contributed by atoms with E-state index in [0.717, 1.165) is 50.2 Å². The third-order valence-corrected chi connectivity index (χ3v) is 9.08. The van der Waals surface area contributed by atoms with E-state index >= 15 is 0 Å². The highest BCUT2D eigenvalue weighted by Crippen LogP contribution is 2.40. The molecule has 10 rings (SSSR count). The molecular weight excluding hydrogens is 514 g/mol. The number of nitrogens with zero attached hydrogens (tertiary/aromatic N) is 5. The Kier molecular flexibility index (Phi) is 4.06. The van der Waals surface area contributed by atoms with Crippen LogP contribution in [-0.4, -0.2) is 23.2 Å². The number of hydrogen-bond donors (Lipinski definition) is 0. The standard InChI is InChI=1S/C37H25N5/c1-21(2)27-13-7-8-14-28(27)26-19-33-35-34(20-26)41-32-18-25-12-6-4-10-23(25)16-30(32)39-37(41)42(35)36-38-29-15-22-9-3-5-11-24(22)17-31(29)40(33)36/h3-21H,1-2H3. The lowest BCUT2D eigenvalue weighted by Gasteiger charge is -2.13. The van der Waals surface area contributed by atoms with E-state index in [1.807, 2.05) is 0 Å². The van der Waals surface area contributed by atoms with E-state index in [1.54, 1.807) is 0 Å². The van der Waals surface area contributed by atoms with Crippen LogP contribution < -0.4 is 0 Å². The molecule has 0 aliphatic carbocycles. The first-order valence-electron chi connectivity index (χ1n) is 14.5. The fourth-order valence-corrected chi connectivity index (χ4v) is 7.16. The molecule has 0 amide bonds. The van der Waals surface area contributed by atoms with Crippen molar-refractivity contribution in [3.8, 4) is 11.1 Å². The normalized spacial score (nSPS) is 12.7. The third kappa shape index (κ3) is 2.73. The molecule has 198 valence electrons. The summed E-state index contributed by atoms with van der Waals surface area (Å²) in [6, 6.07) is 39.5. The van der Waals surface area contributed by atoms with Crippen molar-refractivity contribution in [3.63, 3.8) is 0 Å².